The molecule has 1 aromatic carbocycles. The number of nitrogens with one attached hydrogen (secondary N) is 2. The maximum atomic E-state index is 5.45. The van der Waals surface area contributed by atoms with Crippen molar-refractivity contribution < 1.29 is 9.47 Å². The van der Waals surface area contributed by atoms with Gasteiger partial charge in [-0.3, -0.25) is 9.89 Å². The van der Waals surface area contributed by atoms with Crippen LogP contribution in [0.25, 0.3) is 0 Å². The molecule has 1 heterocycles. The number of piperidine rings is 1. The molecule has 1 unspecified atom stereocenters. The van der Waals surface area contributed by atoms with Crippen molar-refractivity contribution >= 4 is 29.9 Å². The van der Waals surface area contributed by atoms with Crippen LogP contribution in [0.3, 0.4) is 0 Å². The molecule has 0 aliphatic carbocycles. The number of hydrogen-bond donors (Lipinski definition) is 2. The summed E-state index contributed by atoms with van der Waals surface area (Å²) in [5.41, 5.74) is 1.06. The van der Waals surface area contributed by atoms with Crippen LogP contribution in [0.1, 0.15) is 32.3 Å². The number of likely N-dealkylation sites (tertiary alicyclic amines) is 1. The first-order chi connectivity index (χ1) is 12.6. The van der Waals surface area contributed by atoms with E-state index in [1.54, 1.807) is 21.3 Å². The molecule has 1 aliphatic rings. The Labute approximate surface area is 181 Å². The number of nitrogens with zero attached hydrogens (tertiary/aromatic N) is 2. The van der Waals surface area contributed by atoms with E-state index in [-0.39, 0.29) is 24.0 Å². The molecule has 7 heteroatoms. The van der Waals surface area contributed by atoms with Gasteiger partial charge in [-0.05, 0) is 50.9 Å². The molecule has 0 amide bonds. The molecule has 1 fully saturated rings. The van der Waals surface area contributed by atoms with E-state index in [1.165, 1.54) is 25.9 Å². The van der Waals surface area contributed by atoms with E-state index in [4.69, 9.17) is 9.47 Å². The third kappa shape index (κ3) is 7.37. The lowest BCUT2D eigenvalue weighted by atomic mass is 9.98. The van der Waals surface area contributed by atoms with Crippen LogP contribution in [-0.2, 0) is 6.54 Å². The molecule has 154 valence electrons. The summed E-state index contributed by atoms with van der Waals surface area (Å²) in [6, 6.07) is 6.34. The van der Waals surface area contributed by atoms with E-state index in [1.807, 2.05) is 18.2 Å². The number of guanidine groups is 1. The number of halogens is 1. The molecule has 2 rings (SSSR count). The fraction of sp³-hybridized carbons (Fsp3) is 0.650. The van der Waals surface area contributed by atoms with Crippen LogP contribution in [0.4, 0.5) is 0 Å². The summed E-state index contributed by atoms with van der Waals surface area (Å²) in [4.78, 5) is 6.89. The Balaban J connectivity index is 0.00000364. The fourth-order valence-corrected chi connectivity index (χ4v) is 3.24. The molecule has 0 aromatic heterocycles. The second-order valence-electron chi connectivity index (χ2n) is 7.05. The zero-order valence-electron chi connectivity index (χ0n) is 17.2. The van der Waals surface area contributed by atoms with Gasteiger partial charge in [0.15, 0.2) is 5.96 Å². The summed E-state index contributed by atoms with van der Waals surface area (Å²) in [6.45, 7) is 8.54. The minimum absolute atomic E-state index is 0. The highest BCUT2D eigenvalue weighted by Crippen LogP contribution is 2.24. The zero-order valence-corrected chi connectivity index (χ0v) is 19.6. The zero-order chi connectivity index (χ0) is 18.9. The van der Waals surface area contributed by atoms with E-state index in [0.717, 1.165) is 35.5 Å². The smallest absolute Gasteiger partial charge is 0.191 e. The van der Waals surface area contributed by atoms with E-state index in [2.05, 4.69) is 34.4 Å². The predicted octanol–water partition coefficient (Wildman–Crippen LogP) is 3.11. The van der Waals surface area contributed by atoms with E-state index < -0.39 is 0 Å². The first-order valence-corrected chi connectivity index (χ1v) is 9.46. The molecule has 1 atom stereocenters. The van der Waals surface area contributed by atoms with Crippen molar-refractivity contribution in [1.29, 1.82) is 0 Å². The van der Waals surface area contributed by atoms with Crippen LogP contribution < -0.4 is 20.1 Å². The number of benzene rings is 1. The quantitative estimate of drug-likeness (QED) is 0.350. The second kappa shape index (κ2) is 12.3. The van der Waals surface area contributed by atoms with Crippen molar-refractivity contribution in [3.05, 3.63) is 23.8 Å². The van der Waals surface area contributed by atoms with Crippen LogP contribution in [-0.4, -0.2) is 57.8 Å². The fourth-order valence-electron chi connectivity index (χ4n) is 3.24. The van der Waals surface area contributed by atoms with Gasteiger partial charge >= 0.3 is 0 Å². The first-order valence-electron chi connectivity index (χ1n) is 9.46. The first kappa shape index (κ1) is 23.8. The van der Waals surface area contributed by atoms with Crippen molar-refractivity contribution in [1.82, 2.24) is 15.5 Å². The van der Waals surface area contributed by atoms with Crippen LogP contribution in [0.2, 0.25) is 0 Å². The molecule has 0 bridgehead atoms. The normalized spacial score (nSPS) is 17.0. The summed E-state index contributed by atoms with van der Waals surface area (Å²) in [5.74, 6) is 3.27. The van der Waals surface area contributed by atoms with Crippen molar-refractivity contribution in [3.63, 3.8) is 0 Å². The standard InChI is InChI=1S/C20H34N4O2.HI/c1-15-8-10-24(11-9-15)16(2)13-22-20(21-3)23-14-17-6-7-18(25-4)12-19(17)26-5;/h6-7,12,15-16H,8-11,13-14H2,1-5H3,(H2,21,22,23);1H. The van der Waals surface area contributed by atoms with Gasteiger partial charge in [-0.15, -0.1) is 24.0 Å². The average molecular weight is 490 g/mol. The Kier molecular flexibility index (Phi) is 10.8. The topological polar surface area (TPSA) is 58.1 Å². The Morgan fingerprint density at radius 3 is 2.52 bits per heavy atom. The van der Waals surface area contributed by atoms with Gasteiger partial charge in [0.2, 0.25) is 0 Å². The molecule has 6 nitrogen and oxygen atoms in total. The van der Waals surface area contributed by atoms with Gasteiger partial charge in [0, 0.05) is 37.8 Å². The van der Waals surface area contributed by atoms with Crippen LogP contribution in [0, 0.1) is 5.92 Å². The monoisotopic (exact) mass is 490 g/mol. The molecule has 27 heavy (non-hydrogen) atoms. The summed E-state index contributed by atoms with van der Waals surface area (Å²) < 4.78 is 10.7. The molecule has 1 aliphatic heterocycles. The lowest BCUT2D eigenvalue weighted by molar-refractivity contribution is 0.147. The molecule has 0 spiro atoms. The molecular formula is C20H35IN4O2. The summed E-state index contributed by atoms with van der Waals surface area (Å²) in [7, 11) is 5.13. The number of hydrogen-bond acceptors (Lipinski definition) is 4. The highest BCUT2D eigenvalue weighted by Gasteiger charge is 2.20. The predicted molar refractivity (Wildman–Crippen MR) is 123 cm³/mol. The summed E-state index contributed by atoms with van der Waals surface area (Å²) in [5, 5.41) is 6.80. The third-order valence-corrected chi connectivity index (χ3v) is 5.17. The van der Waals surface area contributed by atoms with Crippen molar-refractivity contribution in [2.75, 3.05) is 40.9 Å². The van der Waals surface area contributed by atoms with Gasteiger partial charge in [0.25, 0.3) is 0 Å². The number of ether oxygens (including phenoxy) is 2. The number of methoxy groups -OCH3 is 2. The van der Waals surface area contributed by atoms with Gasteiger partial charge in [-0.25, -0.2) is 0 Å². The Hall–Kier alpha value is -1.22. The minimum atomic E-state index is 0. The largest absolute Gasteiger partial charge is 0.497 e. The average Bonchev–Trinajstić information content (AvgIpc) is 2.68. The van der Waals surface area contributed by atoms with Gasteiger partial charge < -0.3 is 20.1 Å². The molecule has 1 saturated heterocycles. The second-order valence-corrected chi connectivity index (χ2v) is 7.05. The van der Waals surface area contributed by atoms with E-state index >= 15 is 0 Å². The van der Waals surface area contributed by atoms with Gasteiger partial charge in [-0.1, -0.05) is 6.92 Å². The maximum absolute atomic E-state index is 5.45. The van der Waals surface area contributed by atoms with Gasteiger partial charge in [0.1, 0.15) is 11.5 Å². The van der Waals surface area contributed by atoms with Gasteiger partial charge in [0.05, 0.1) is 14.2 Å². The van der Waals surface area contributed by atoms with Crippen LogP contribution in [0.15, 0.2) is 23.2 Å². The molecule has 0 radical (unpaired) electrons. The summed E-state index contributed by atoms with van der Waals surface area (Å²) >= 11 is 0. The molecule has 0 saturated carbocycles. The van der Waals surface area contributed by atoms with Crippen molar-refractivity contribution in [3.8, 4) is 11.5 Å². The molecule has 2 N–H and O–H groups in total. The number of rotatable bonds is 7. The highest BCUT2D eigenvalue weighted by atomic mass is 127. The minimum Gasteiger partial charge on any atom is -0.497 e. The molecule has 1 aromatic rings. The maximum Gasteiger partial charge on any atom is 0.191 e. The van der Waals surface area contributed by atoms with Crippen molar-refractivity contribution in [2.45, 2.75) is 39.3 Å². The summed E-state index contributed by atoms with van der Waals surface area (Å²) in [6.07, 6.45) is 2.60. The third-order valence-electron chi connectivity index (χ3n) is 5.17. The van der Waals surface area contributed by atoms with E-state index in [0.29, 0.717) is 12.6 Å². The van der Waals surface area contributed by atoms with Crippen LogP contribution in [0.5, 0.6) is 11.5 Å². The Morgan fingerprint density at radius 2 is 1.93 bits per heavy atom. The Bertz CT molecular complexity index is 589. The molecular weight excluding hydrogens is 455 g/mol. The number of aliphatic imine (C=N–C) groups is 1. The Morgan fingerprint density at radius 1 is 1.22 bits per heavy atom. The van der Waals surface area contributed by atoms with Crippen molar-refractivity contribution in [2.24, 2.45) is 10.9 Å². The lowest BCUT2D eigenvalue weighted by Crippen LogP contribution is -2.48. The van der Waals surface area contributed by atoms with Crippen LogP contribution >= 0.6 is 24.0 Å². The van der Waals surface area contributed by atoms with Gasteiger partial charge in [-0.2, -0.15) is 0 Å². The SMILES string of the molecule is CN=C(NCc1ccc(OC)cc1OC)NCC(C)N1CCC(C)CC1.I. The highest BCUT2D eigenvalue weighted by molar-refractivity contribution is 14.0. The lowest BCUT2D eigenvalue weighted by Gasteiger charge is -2.35. The van der Waals surface area contributed by atoms with E-state index in [9.17, 15) is 0 Å².